The van der Waals surface area contributed by atoms with Gasteiger partial charge in [0.15, 0.2) is 0 Å². The molecular formula is C13H12F2OS. The third kappa shape index (κ3) is 2.10. The van der Waals surface area contributed by atoms with Crippen molar-refractivity contribution in [1.82, 2.24) is 0 Å². The van der Waals surface area contributed by atoms with Gasteiger partial charge in [-0.25, -0.2) is 8.78 Å². The summed E-state index contributed by atoms with van der Waals surface area (Å²) in [7, 11) is 0. The van der Waals surface area contributed by atoms with E-state index in [-0.39, 0.29) is 5.56 Å². The molecule has 0 amide bonds. The zero-order valence-electron chi connectivity index (χ0n) is 9.50. The number of hydrogen-bond acceptors (Lipinski definition) is 2. The molecule has 1 aromatic carbocycles. The van der Waals surface area contributed by atoms with Crippen LogP contribution in [-0.4, -0.2) is 5.11 Å². The summed E-state index contributed by atoms with van der Waals surface area (Å²) in [6.45, 7) is 3.31. The number of rotatable bonds is 2. The summed E-state index contributed by atoms with van der Waals surface area (Å²) in [6, 6.07) is 4.94. The maximum Gasteiger partial charge on any atom is 0.129 e. The van der Waals surface area contributed by atoms with E-state index in [4.69, 9.17) is 0 Å². The molecule has 17 heavy (non-hydrogen) atoms. The Balaban J connectivity index is 2.59. The molecule has 1 nitrogen and oxygen atoms in total. The van der Waals surface area contributed by atoms with Crippen LogP contribution in [0, 0.1) is 18.6 Å². The van der Waals surface area contributed by atoms with Crippen LogP contribution in [0.3, 0.4) is 0 Å². The number of halogens is 2. The third-order valence-corrected chi connectivity index (χ3v) is 3.98. The van der Waals surface area contributed by atoms with Gasteiger partial charge in [-0.2, -0.15) is 0 Å². The lowest BCUT2D eigenvalue weighted by molar-refractivity contribution is 0.101. The standard InChI is InChI=1S/C13H12F2OS/c1-8-5-6-17-12(8)13(2,16)10-7-9(14)3-4-11(10)15/h3-7,16H,1-2H3. The van der Waals surface area contributed by atoms with Crippen LogP contribution in [0.25, 0.3) is 0 Å². The average Bonchev–Trinajstić information content (AvgIpc) is 2.68. The van der Waals surface area contributed by atoms with E-state index in [1.54, 1.807) is 0 Å². The second-order valence-electron chi connectivity index (χ2n) is 4.13. The van der Waals surface area contributed by atoms with Crippen LogP contribution < -0.4 is 0 Å². The van der Waals surface area contributed by atoms with Gasteiger partial charge in [-0.05, 0) is 49.1 Å². The molecule has 1 unspecified atom stereocenters. The summed E-state index contributed by atoms with van der Waals surface area (Å²) in [6.07, 6.45) is 0. The highest BCUT2D eigenvalue weighted by Crippen LogP contribution is 2.36. The molecule has 0 saturated carbocycles. The number of thiophene rings is 1. The molecule has 0 aliphatic rings. The number of hydrogen-bond donors (Lipinski definition) is 1. The molecule has 2 rings (SSSR count). The summed E-state index contributed by atoms with van der Waals surface area (Å²) >= 11 is 1.33. The molecule has 0 saturated heterocycles. The zero-order valence-corrected chi connectivity index (χ0v) is 10.3. The lowest BCUT2D eigenvalue weighted by Crippen LogP contribution is -2.24. The minimum absolute atomic E-state index is 0.0388. The fraction of sp³-hybridized carbons (Fsp3) is 0.231. The quantitative estimate of drug-likeness (QED) is 0.868. The topological polar surface area (TPSA) is 20.2 Å². The summed E-state index contributed by atoms with van der Waals surface area (Å²) in [5.41, 5.74) is -0.684. The minimum Gasteiger partial charge on any atom is -0.380 e. The fourth-order valence-corrected chi connectivity index (χ4v) is 2.87. The Morgan fingerprint density at radius 1 is 1.24 bits per heavy atom. The lowest BCUT2D eigenvalue weighted by atomic mass is 9.92. The van der Waals surface area contributed by atoms with Gasteiger partial charge in [-0.1, -0.05) is 0 Å². The molecule has 1 heterocycles. The van der Waals surface area contributed by atoms with Crippen molar-refractivity contribution in [1.29, 1.82) is 0 Å². The van der Waals surface area contributed by atoms with Gasteiger partial charge in [-0.15, -0.1) is 11.3 Å². The van der Waals surface area contributed by atoms with Crippen molar-refractivity contribution in [2.24, 2.45) is 0 Å². The molecule has 1 aromatic heterocycles. The van der Waals surface area contributed by atoms with Gasteiger partial charge in [0.05, 0.1) is 0 Å². The molecule has 4 heteroatoms. The molecule has 2 aromatic rings. The van der Waals surface area contributed by atoms with Crippen LogP contribution in [0.1, 0.15) is 22.9 Å². The minimum atomic E-state index is -1.51. The van der Waals surface area contributed by atoms with E-state index in [0.717, 1.165) is 23.8 Å². The summed E-state index contributed by atoms with van der Waals surface area (Å²) < 4.78 is 26.8. The Hall–Kier alpha value is -1.26. The van der Waals surface area contributed by atoms with E-state index < -0.39 is 17.2 Å². The van der Waals surface area contributed by atoms with Crippen LogP contribution in [0.4, 0.5) is 8.78 Å². The second kappa shape index (κ2) is 4.20. The first-order valence-electron chi connectivity index (χ1n) is 5.15. The number of aliphatic hydroxyl groups is 1. The predicted octanol–water partition coefficient (Wildman–Crippen LogP) is 3.59. The summed E-state index contributed by atoms with van der Waals surface area (Å²) in [5.74, 6) is -1.17. The molecule has 0 radical (unpaired) electrons. The molecule has 0 bridgehead atoms. The SMILES string of the molecule is Cc1ccsc1C(C)(O)c1cc(F)ccc1F. The van der Waals surface area contributed by atoms with E-state index in [0.29, 0.717) is 4.88 Å². The Bertz CT molecular complexity index is 546. The molecular weight excluding hydrogens is 242 g/mol. The van der Waals surface area contributed by atoms with Gasteiger partial charge in [0, 0.05) is 10.4 Å². The van der Waals surface area contributed by atoms with Crippen molar-refractivity contribution < 1.29 is 13.9 Å². The molecule has 0 spiro atoms. The zero-order chi connectivity index (χ0) is 12.6. The largest absolute Gasteiger partial charge is 0.380 e. The van der Waals surface area contributed by atoms with Gasteiger partial charge in [0.2, 0.25) is 0 Å². The Morgan fingerprint density at radius 2 is 1.94 bits per heavy atom. The normalized spacial score (nSPS) is 14.6. The first kappa shape index (κ1) is 12.2. The van der Waals surface area contributed by atoms with Crippen molar-refractivity contribution in [3.8, 4) is 0 Å². The van der Waals surface area contributed by atoms with E-state index >= 15 is 0 Å². The highest BCUT2D eigenvalue weighted by Gasteiger charge is 2.31. The lowest BCUT2D eigenvalue weighted by Gasteiger charge is -2.24. The van der Waals surface area contributed by atoms with Crippen molar-refractivity contribution >= 4 is 11.3 Å². The number of benzene rings is 1. The van der Waals surface area contributed by atoms with Crippen LogP contribution in [0.2, 0.25) is 0 Å². The Labute approximate surface area is 102 Å². The van der Waals surface area contributed by atoms with Gasteiger partial charge in [0.25, 0.3) is 0 Å². The fourth-order valence-electron chi connectivity index (χ4n) is 1.86. The molecule has 1 atom stereocenters. The van der Waals surface area contributed by atoms with Crippen LogP contribution >= 0.6 is 11.3 Å². The first-order chi connectivity index (χ1) is 7.93. The highest BCUT2D eigenvalue weighted by molar-refractivity contribution is 7.10. The van der Waals surface area contributed by atoms with E-state index in [1.165, 1.54) is 18.3 Å². The van der Waals surface area contributed by atoms with Crippen molar-refractivity contribution in [2.75, 3.05) is 0 Å². The first-order valence-corrected chi connectivity index (χ1v) is 6.03. The van der Waals surface area contributed by atoms with Crippen LogP contribution in [0.15, 0.2) is 29.6 Å². The van der Waals surface area contributed by atoms with Crippen LogP contribution in [-0.2, 0) is 5.60 Å². The predicted molar refractivity (Wildman–Crippen MR) is 64.1 cm³/mol. The summed E-state index contributed by atoms with van der Waals surface area (Å²) in [4.78, 5) is 0.627. The third-order valence-electron chi connectivity index (χ3n) is 2.76. The average molecular weight is 254 g/mol. The summed E-state index contributed by atoms with van der Waals surface area (Å²) in [5, 5.41) is 12.3. The second-order valence-corrected chi connectivity index (χ2v) is 5.05. The van der Waals surface area contributed by atoms with Crippen LogP contribution in [0.5, 0.6) is 0 Å². The van der Waals surface area contributed by atoms with Gasteiger partial charge < -0.3 is 5.11 Å². The van der Waals surface area contributed by atoms with Gasteiger partial charge in [-0.3, -0.25) is 0 Å². The molecule has 0 fully saturated rings. The number of aryl methyl sites for hydroxylation is 1. The van der Waals surface area contributed by atoms with Crippen molar-refractivity contribution in [3.05, 3.63) is 57.3 Å². The Morgan fingerprint density at radius 3 is 2.53 bits per heavy atom. The highest BCUT2D eigenvalue weighted by atomic mass is 32.1. The van der Waals surface area contributed by atoms with E-state index in [2.05, 4.69) is 0 Å². The van der Waals surface area contributed by atoms with Crippen molar-refractivity contribution in [2.45, 2.75) is 19.4 Å². The molecule has 1 N–H and O–H groups in total. The van der Waals surface area contributed by atoms with E-state index in [1.807, 2.05) is 18.4 Å². The van der Waals surface area contributed by atoms with Gasteiger partial charge >= 0.3 is 0 Å². The van der Waals surface area contributed by atoms with E-state index in [9.17, 15) is 13.9 Å². The van der Waals surface area contributed by atoms with Crippen molar-refractivity contribution in [3.63, 3.8) is 0 Å². The monoisotopic (exact) mass is 254 g/mol. The maximum atomic E-state index is 13.7. The van der Waals surface area contributed by atoms with Gasteiger partial charge in [0.1, 0.15) is 17.2 Å². The maximum absolute atomic E-state index is 13.7. The molecule has 0 aliphatic carbocycles. The molecule has 90 valence electrons. The molecule has 0 aliphatic heterocycles. The Kier molecular flexibility index (Phi) is 3.02. The smallest absolute Gasteiger partial charge is 0.129 e.